The Kier molecular flexibility index (Phi) is 3.09. The fourth-order valence-electron chi connectivity index (χ4n) is 1.28. The van der Waals surface area contributed by atoms with E-state index in [1.807, 2.05) is 6.92 Å². The summed E-state index contributed by atoms with van der Waals surface area (Å²) in [5.41, 5.74) is 7.19. The minimum atomic E-state index is 0.801. The van der Waals surface area contributed by atoms with Gasteiger partial charge in [-0.25, -0.2) is 0 Å². The Balaban J connectivity index is 2.64. The van der Waals surface area contributed by atoms with Crippen LogP contribution in [0.15, 0.2) is 47.2 Å². The van der Waals surface area contributed by atoms with Crippen molar-refractivity contribution in [2.75, 3.05) is 0 Å². The highest BCUT2D eigenvalue weighted by Gasteiger charge is 2.10. The van der Waals surface area contributed by atoms with Crippen LogP contribution in [-0.2, 0) is 0 Å². The van der Waals surface area contributed by atoms with Gasteiger partial charge in [-0.3, -0.25) is 5.84 Å². The molecule has 0 aromatic heterocycles. The van der Waals surface area contributed by atoms with Crippen molar-refractivity contribution in [3.05, 3.63) is 47.2 Å². The molecule has 0 heterocycles. The van der Waals surface area contributed by atoms with Crippen LogP contribution in [0.2, 0.25) is 0 Å². The zero-order chi connectivity index (χ0) is 9.84. The van der Waals surface area contributed by atoms with Crippen LogP contribution in [-0.4, -0.2) is 0 Å². The van der Waals surface area contributed by atoms with E-state index in [9.17, 15) is 0 Å². The predicted octanol–water partition coefficient (Wildman–Crippen LogP) is 2.19. The predicted molar refractivity (Wildman–Crippen MR) is 56.7 cm³/mol. The van der Waals surface area contributed by atoms with E-state index >= 15 is 0 Å². The van der Waals surface area contributed by atoms with Gasteiger partial charge in [0.1, 0.15) is 0 Å². The third-order valence-corrected chi connectivity index (χ3v) is 2.37. The van der Waals surface area contributed by atoms with Crippen molar-refractivity contribution in [1.29, 1.82) is 0 Å². The maximum absolute atomic E-state index is 5.28. The Morgan fingerprint density at radius 3 is 2.69 bits per heavy atom. The third kappa shape index (κ3) is 2.10. The SMILES string of the molecule is C=C(NN)C1=CC=C(/C(C)=C/C)C1. The van der Waals surface area contributed by atoms with Crippen LogP contribution >= 0.6 is 0 Å². The lowest BCUT2D eigenvalue weighted by molar-refractivity contribution is 0.888. The summed E-state index contributed by atoms with van der Waals surface area (Å²) in [6, 6.07) is 0. The van der Waals surface area contributed by atoms with Crippen LogP contribution in [0.25, 0.3) is 0 Å². The minimum Gasteiger partial charge on any atom is -0.324 e. The Morgan fingerprint density at radius 1 is 1.54 bits per heavy atom. The smallest absolute Gasteiger partial charge is 0.0448 e. The Labute approximate surface area is 79.5 Å². The van der Waals surface area contributed by atoms with Crippen molar-refractivity contribution in [1.82, 2.24) is 5.43 Å². The molecule has 0 aromatic rings. The number of nitrogens with two attached hydrogens (primary N) is 1. The normalized spacial score (nSPS) is 16.7. The van der Waals surface area contributed by atoms with Crippen LogP contribution in [0, 0.1) is 0 Å². The van der Waals surface area contributed by atoms with Crippen molar-refractivity contribution < 1.29 is 0 Å². The second-order valence-corrected chi connectivity index (χ2v) is 3.16. The second kappa shape index (κ2) is 4.10. The highest BCUT2D eigenvalue weighted by Crippen LogP contribution is 2.27. The summed E-state index contributed by atoms with van der Waals surface area (Å²) in [5.74, 6) is 5.28. The summed E-state index contributed by atoms with van der Waals surface area (Å²) in [6.07, 6.45) is 7.22. The van der Waals surface area contributed by atoms with Crippen molar-refractivity contribution in [2.24, 2.45) is 5.84 Å². The topological polar surface area (TPSA) is 38.0 Å². The lowest BCUT2D eigenvalue weighted by atomic mass is 10.0. The zero-order valence-electron chi connectivity index (χ0n) is 8.22. The van der Waals surface area contributed by atoms with E-state index in [0.717, 1.165) is 12.1 Å². The summed E-state index contributed by atoms with van der Waals surface area (Å²) >= 11 is 0. The molecule has 0 aliphatic heterocycles. The van der Waals surface area contributed by atoms with E-state index in [4.69, 9.17) is 5.84 Å². The summed E-state index contributed by atoms with van der Waals surface area (Å²) in [5, 5.41) is 0. The van der Waals surface area contributed by atoms with Gasteiger partial charge >= 0.3 is 0 Å². The standard InChI is InChI=1S/C11H16N2/c1-4-8(2)10-5-6-11(7-10)9(3)13-12/h4-6,13H,3,7,12H2,1-2H3/b8-4+. The molecule has 0 unspecified atom stereocenters. The van der Waals surface area contributed by atoms with Gasteiger partial charge in [-0.15, -0.1) is 0 Å². The Hall–Kier alpha value is -1.28. The van der Waals surface area contributed by atoms with Gasteiger partial charge in [0.2, 0.25) is 0 Å². The number of hydrazine groups is 1. The third-order valence-electron chi connectivity index (χ3n) is 2.37. The van der Waals surface area contributed by atoms with E-state index in [1.54, 1.807) is 0 Å². The van der Waals surface area contributed by atoms with Gasteiger partial charge in [0.25, 0.3) is 0 Å². The quantitative estimate of drug-likeness (QED) is 0.511. The van der Waals surface area contributed by atoms with Gasteiger partial charge in [-0.2, -0.15) is 0 Å². The Bertz CT molecular complexity index is 306. The second-order valence-electron chi connectivity index (χ2n) is 3.16. The first kappa shape index (κ1) is 9.81. The average molecular weight is 176 g/mol. The molecule has 13 heavy (non-hydrogen) atoms. The van der Waals surface area contributed by atoms with Gasteiger partial charge < -0.3 is 5.43 Å². The van der Waals surface area contributed by atoms with E-state index < -0.39 is 0 Å². The first-order valence-corrected chi connectivity index (χ1v) is 4.38. The molecule has 1 aliphatic rings. The number of allylic oxidation sites excluding steroid dienone is 6. The molecule has 3 N–H and O–H groups in total. The monoisotopic (exact) mass is 176 g/mol. The molecule has 0 saturated heterocycles. The molecular weight excluding hydrogens is 160 g/mol. The highest BCUT2D eigenvalue weighted by molar-refractivity contribution is 5.47. The lowest BCUT2D eigenvalue weighted by Crippen LogP contribution is -2.21. The molecule has 0 bridgehead atoms. The summed E-state index contributed by atoms with van der Waals surface area (Å²) in [4.78, 5) is 0. The molecule has 0 saturated carbocycles. The largest absolute Gasteiger partial charge is 0.324 e. The van der Waals surface area contributed by atoms with Crippen LogP contribution in [0.1, 0.15) is 20.3 Å². The average Bonchev–Trinajstić information content (AvgIpc) is 2.64. The zero-order valence-corrected chi connectivity index (χ0v) is 8.22. The molecule has 0 radical (unpaired) electrons. The van der Waals surface area contributed by atoms with Crippen LogP contribution in [0.3, 0.4) is 0 Å². The first-order valence-electron chi connectivity index (χ1n) is 4.38. The summed E-state index contributed by atoms with van der Waals surface area (Å²) in [7, 11) is 0. The van der Waals surface area contributed by atoms with E-state index in [-0.39, 0.29) is 0 Å². The van der Waals surface area contributed by atoms with Crippen molar-refractivity contribution in [2.45, 2.75) is 20.3 Å². The number of nitrogens with one attached hydrogen (secondary N) is 1. The molecule has 2 heteroatoms. The lowest BCUT2D eigenvalue weighted by Gasteiger charge is -2.07. The maximum Gasteiger partial charge on any atom is 0.0448 e. The van der Waals surface area contributed by atoms with Gasteiger partial charge in [-0.1, -0.05) is 30.4 Å². The van der Waals surface area contributed by atoms with Crippen molar-refractivity contribution in [3.63, 3.8) is 0 Å². The molecule has 0 fully saturated rings. The van der Waals surface area contributed by atoms with Gasteiger partial charge in [0, 0.05) is 5.70 Å². The molecule has 1 aliphatic carbocycles. The fraction of sp³-hybridized carbons (Fsp3) is 0.273. The molecule has 2 nitrogen and oxygen atoms in total. The molecule has 70 valence electrons. The minimum absolute atomic E-state index is 0.801. The summed E-state index contributed by atoms with van der Waals surface area (Å²) < 4.78 is 0. The van der Waals surface area contributed by atoms with Crippen LogP contribution < -0.4 is 11.3 Å². The van der Waals surface area contributed by atoms with Gasteiger partial charge in [0.15, 0.2) is 0 Å². The molecule has 0 aromatic carbocycles. The number of hydrogen-bond donors (Lipinski definition) is 2. The number of rotatable bonds is 3. The van der Waals surface area contributed by atoms with E-state index in [0.29, 0.717) is 0 Å². The highest BCUT2D eigenvalue weighted by atomic mass is 15.2. The van der Waals surface area contributed by atoms with E-state index in [1.165, 1.54) is 16.7 Å². The van der Waals surface area contributed by atoms with Gasteiger partial charge in [-0.05, 0) is 31.4 Å². The molecule has 0 amide bonds. The molecule has 1 rings (SSSR count). The fourth-order valence-corrected chi connectivity index (χ4v) is 1.28. The molecule has 0 atom stereocenters. The Morgan fingerprint density at radius 2 is 2.15 bits per heavy atom. The molecular formula is C11H16N2. The van der Waals surface area contributed by atoms with Crippen LogP contribution in [0.4, 0.5) is 0 Å². The first-order chi connectivity index (χ1) is 6.19. The van der Waals surface area contributed by atoms with E-state index in [2.05, 4.69) is 37.2 Å². The van der Waals surface area contributed by atoms with Crippen LogP contribution in [0.5, 0.6) is 0 Å². The van der Waals surface area contributed by atoms with Crippen molar-refractivity contribution in [3.8, 4) is 0 Å². The van der Waals surface area contributed by atoms with Crippen molar-refractivity contribution >= 4 is 0 Å². The number of hydrogen-bond acceptors (Lipinski definition) is 2. The molecule has 0 spiro atoms. The summed E-state index contributed by atoms with van der Waals surface area (Å²) in [6.45, 7) is 7.98. The maximum atomic E-state index is 5.28. The van der Waals surface area contributed by atoms with Gasteiger partial charge in [0.05, 0.1) is 0 Å².